The monoisotopic (exact) mass is 274 g/mol. The van der Waals surface area contributed by atoms with Crippen LogP contribution in [0.4, 0.5) is 0 Å². The Labute approximate surface area is 83.4 Å². The van der Waals surface area contributed by atoms with Crippen LogP contribution in [-0.2, 0) is 0 Å². The summed E-state index contributed by atoms with van der Waals surface area (Å²) in [5.41, 5.74) is 0. The van der Waals surface area contributed by atoms with Crippen molar-refractivity contribution in [2.45, 2.75) is 6.92 Å². The summed E-state index contributed by atoms with van der Waals surface area (Å²) in [6.45, 7) is 2.17. The van der Waals surface area contributed by atoms with Gasteiger partial charge in [0.2, 0.25) is 0 Å². The second-order valence-corrected chi connectivity index (χ2v) is 4.80. The molecule has 0 aliphatic carbocycles. The third kappa shape index (κ3) is 1.18. The van der Waals surface area contributed by atoms with Gasteiger partial charge in [0.05, 0.1) is 0 Å². The van der Waals surface area contributed by atoms with Crippen molar-refractivity contribution in [1.29, 1.82) is 0 Å². The predicted octanol–water partition coefficient (Wildman–Crippen LogP) is 3.81. The van der Waals surface area contributed by atoms with Gasteiger partial charge in [-0.05, 0) is 35.6 Å². The van der Waals surface area contributed by atoms with E-state index in [1.807, 2.05) is 11.3 Å². The van der Waals surface area contributed by atoms with E-state index in [1.54, 1.807) is 0 Å². The van der Waals surface area contributed by atoms with Crippen LogP contribution in [0.2, 0.25) is 0 Å². The van der Waals surface area contributed by atoms with Crippen molar-refractivity contribution >= 4 is 44.0 Å². The van der Waals surface area contributed by atoms with Crippen molar-refractivity contribution in [2.75, 3.05) is 0 Å². The normalized spacial score (nSPS) is 10.7. The summed E-state index contributed by atoms with van der Waals surface area (Å²) in [5.74, 6) is 0. The Hall–Kier alpha value is -0.0900. The Kier molecular flexibility index (Phi) is 1.89. The molecule has 0 N–H and O–H groups in total. The van der Waals surface area contributed by atoms with Crippen LogP contribution in [0.5, 0.6) is 0 Å². The minimum atomic E-state index is 1.40. The first-order valence-electron chi connectivity index (χ1n) is 3.42. The summed E-state index contributed by atoms with van der Waals surface area (Å²) < 4.78 is 2.80. The molecule has 0 saturated heterocycles. The highest BCUT2D eigenvalue weighted by molar-refractivity contribution is 14.1. The number of hydrogen-bond donors (Lipinski definition) is 0. The molecule has 1 heterocycles. The van der Waals surface area contributed by atoms with Crippen molar-refractivity contribution in [3.8, 4) is 0 Å². The van der Waals surface area contributed by atoms with Gasteiger partial charge in [0.25, 0.3) is 0 Å². The number of rotatable bonds is 0. The van der Waals surface area contributed by atoms with E-state index in [1.165, 1.54) is 18.5 Å². The van der Waals surface area contributed by atoms with Gasteiger partial charge in [-0.2, -0.15) is 0 Å². The SMILES string of the molecule is Cc1sc2ccccc2c1I. The standard InChI is InChI=1S/C9H7IS/c1-6-9(10)7-4-2-3-5-8(7)11-6/h2-5H,1H3. The molecule has 56 valence electrons. The molecule has 0 saturated carbocycles. The maximum absolute atomic E-state index is 2.41. The van der Waals surface area contributed by atoms with Gasteiger partial charge in [-0.25, -0.2) is 0 Å². The van der Waals surface area contributed by atoms with E-state index in [2.05, 4.69) is 53.8 Å². The molecular weight excluding hydrogens is 267 g/mol. The van der Waals surface area contributed by atoms with Gasteiger partial charge in [0, 0.05) is 18.5 Å². The van der Waals surface area contributed by atoms with Crippen LogP contribution in [0, 0.1) is 10.5 Å². The number of thiophene rings is 1. The van der Waals surface area contributed by atoms with Crippen molar-refractivity contribution in [3.63, 3.8) is 0 Å². The summed E-state index contributed by atoms with van der Waals surface area (Å²) in [6.07, 6.45) is 0. The van der Waals surface area contributed by atoms with Crippen LogP contribution < -0.4 is 0 Å². The summed E-state index contributed by atoms with van der Waals surface area (Å²) in [4.78, 5) is 1.42. The largest absolute Gasteiger partial charge is 0.139 e. The molecular formula is C9H7IS. The van der Waals surface area contributed by atoms with E-state index in [0.29, 0.717) is 0 Å². The highest BCUT2D eigenvalue weighted by Gasteiger charge is 2.03. The number of aryl methyl sites for hydroxylation is 1. The van der Waals surface area contributed by atoms with Crippen molar-refractivity contribution in [1.82, 2.24) is 0 Å². The van der Waals surface area contributed by atoms with Gasteiger partial charge in [-0.1, -0.05) is 18.2 Å². The molecule has 0 aliphatic heterocycles. The van der Waals surface area contributed by atoms with Gasteiger partial charge in [-0.15, -0.1) is 11.3 Å². The first kappa shape index (κ1) is 7.55. The predicted molar refractivity (Wildman–Crippen MR) is 59.3 cm³/mol. The van der Waals surface area contributed by atoms with Crippen LogP contribution in [0.15, 0.2) is 24.3 Å². The lowest BCUT2D eigenvalue weighted by Crippen LogP contribution is -1.67. The van der Waals surface area contributed by atoms with Crippen molar-refractivity contribution < 1.29 is 0 Å². The fourth-order valence-electron chi connectivity index (χ4n) is 1.14. The molecule has 11 heavy (non-hydrogen) atoms. The summed E-state index contributed by atoms with van der Waals surface area (Å²) >= 11 is 4.28. The number of hydrogen-bond acceptors (Lipinski definition) is 1. The Morgan fingerprint density at radius 1 is 1.27 bits per heavy atom. The van der Waals surface area contributed by atoms with Crippen molar-refractivity contribution in [3.05, 3.63) is 32.7 Å². The zero-order valence-corrected chi connectivity index (χ0v) is 9.07. The molecule has 1 aromatic heterocycles. The smallest absolute Gasteiger partial charge is 0.0356 e. The first-order chi connectivity index (χ1) is 5.29. The fourth-order valence-corrected chi connectivity index (χ4v) is 3.08. The second-order valence-electron chi connectivity index (χ2n) is 2.47. The molecule has 2 aromatic rings. The van der Waals surface area contributed by atoms with Gasteiger partial charge in [0.15, 0.2) is 0 Å². The highest BCUT2D eigenvalue weighted by atomic mass is 127. The van der Waals surface area contributed by atoms with Crippen LogP contribution in [0.1, 0.15) is 4.88 Å². The van der Waals surface area contributed by atoms with E-state index >= 15 is 0 Å². The van der Waals surface area contributed by atoms with Crippen LogP contribution >= 0.6 is 33.9 Å². The number of fused-ring (bicyclic) bond motifs is 1. The highest BCUT2D eigenvalue weighted by Crippen LogP contribution is 2.31. The fraction of sp³-hybridized carbons (Fsp3) is 0.111. The third-order valence-electron chi connectivity index (χ3n) is 1.70. The van der Waals surface area contributed by atoms with Crippen LogP contribution in [-0.4, -0.2) is 0 Å². The average Bonchev–Trinajstić information content (AvgIpc) is 2.30. The Morgan fingerprint density at radius 3 is 2.73 bits per heavy atom. The molecule has 0 spiro atoms. The lowest BCUT2D eigenvalue weighted by atomic mass is 10.2. The van der Waals surface area contributed by atoms with E-state index in [0.717, 1.165) is 0 Å². The lowest BCUT2D eigenvalue weighted by Gasteiger charge is -1.86. The summed E-state index contributed by atoms with van der Waals surface area (Å²) in [6, 6.07) is 8.54. The van der Waals surface area contributed by atoms with Gasteiger partial charge >= 0.3 is 0 Å². The Bertz CT molecular complexity index is 389. The van der Waals surface area contributed by atoms with Gasteiger partial charge in [-0.3, -0.25) is 0 Å². The minimum absolute atomic E-state index is 1.40. The molecule has 0 amide bonds. The third-order valence-corrected chi connectivity index (χ3v) is 4.54. The van der Waals surface area contributed by atoms with Gasteiger partial charge in [0.1, 0.15) is 0 Å². The summed E-state index contributed by atoms with van der Waals surface area (Å²) in [5, 5.41) is 1.40. The topological polar surface area (TPSA) is 0 Å². The van der Waals surface area contributed by atoms with Crippen LogP contribution in [0.3, 0.4) is 0 Å². The molecule has 2 heteroatoms. The molecule has 0 aliphatic rings. The first-order valence-corrected chi connectivity index (χ1v) is 5.32. The molecule has 2 rings (SSSR count). The Morgan fingerprint density at radius 2 is 2.00 bits per heavy atom. The number of benzene rings is 1. The molecule has 0 radical (unpaired) electrons. The molecule has 0 nitrogen and oxygen atoms in total. The Balaban J connectivity index is 2.92. The second kappa shape index (κ2) is 2.75. The molecule has 1 aromatic carbocycles. The van der Waals surface area contributed by atoms with Crippen molar-refractivity contribution in [2.24, 2.45) is 0 Å². The zero-order chi connectivity index (χ0) is 7.84. The van der Waals surface area contributed by atoms with E-state index < -0.39 is 0 Å². The van der Waals surface area contributed by atoms with E-state index in [-0.39, 0.29) is 0 Å². The average molecular weight is 274 g/mol. The zero-order valence-electron chi connectivity index (χ0n) is 6.10. The lowest BCUT2D eigenvalue weighted by molar-refractivity contribution is 1.61. The maximum Gasteiger partial charge on any atom is 0.0356 e. The minimum Gasteiger partial charge on any atom is -0.139 e. The van der Waals surface area contributed by atoms with E-state index in [9.17, 15) is 0 Å². The maximum atomic E-state index is 2.41. The molecule has 0 bridgehead atoms. The van der Waals surface area contributed by atoms with Crippen LogP contribution in [0.25, 0.3) is 10.1 Å². The van der Waals surface area contributed by atoms with Gasteiger partial charge < -0.3 is 0 Å². The number of halogens is 1. The molecule has 0 fully saturated rings. The van der Waals surface area contributed by atoms with E-state index in [4.69, 9.17) is 0 Å². The molecule has 0 unspecified atom stereocenters. The molecule has 0 atom stereocenters. The quantitative estimate of drug-likeness (QED) is 0.641. The summed E-state index contributed by atoms with van der Waals surface area (Å²) in [7, 11) is 0.